The molecule has 200 valence electrons. The largest absolute Gasteiger partial charge is 0.504 e. The summed E-state index contributed by atoms with van der Waals surface area (Å²) in [5.74, 6) is -2.18. The highest BCUT2D eigenvalue weighted by Gasteiger charge is 2.60. The fraction of sp³-hybridized carbons (Fsp3) is 0.296. The molecule has 4 unspecified atom stereocenters. The third kappa shape index (κ3) is 5.73. The van der Waals surface area contributed by atoms with Gasteiger partial charge < -0.3 is 39.0 Å². The van der Waals surface area contributed by atoms with E-state index < -0.39 is 41.8 Å². The molecule has 2 aromatic carbocycles. The number of fused-ring (bicyclic) bond motifs is 2. The number of esters is 3. The lowest BCUT2D eigenvalue weighted by Gasteiger charge is -2.35. The molecule has 4 atom stereocenters. The molecule has 0 aromatic heterocycles. The maximum atomic E-state index is 12.6. The molecule has 2 bridgehead atoms. The average Bonchev–Trinajstić information content (AvgIpc) is 3.14. The summed E-state index contributed by atoms with van der Waals surface area (Å²) in [6, 6.07) is 8.94. The molecular weight excluding hydrogens is 500 g/mol. The summed E-state index contributed by atoms with van der Waals surface area (Å²) >= 11 is 0. The Bertz CT molecular complexity index is 1300. The van der Waals surface area contributed by atoms with E-state index in [-0.39, 0.29) is 35.8 Å². The Kier molecular flexibility index (Phi) is 7.58. The van der Waals surface area contributed by atoms with Crippen molar-refractivity contribution in [3.63, 3.8) is 0 Å². The number of benzene rings is 2. The van der Waals surface area contributed by atoms with E-state index in [1.165, 1.54) is 50.6 Å². The predicted molar refractivity (Wildman–Crippen MR) is 131 cm³/mol. The number of ether oxygens (including phenoxy) is 5. The van der Waals surface area contributed by atoms with Gasteiger partial charge in [0.05, 0.1) is 14.2 Å². The minimum Gasteiger partial charge on any atom is -0.504 e. The van der Waals surface area contributed by atoms with E-state index in [2.05, 4.69) is 0 Å². The summed E-state index contributed by atoms with van der Waals surface area (Å²) in [4.78, 5) is 37.4. The molecule has 2 fully saturated rings. The van der Waals surface area contributed by atoms with Crippen LogP contribution >= 0.6 is 0 Å². The summed E-state index contributed by atoms with van der Waals surface area (Å²) in [7, 11) is 2.78. The molecular formula is C27H26O11. The van der Waals surface area contributed by atoms with E-state index in [9.17, 15) is 29.7 Å². The van der Waals surface area contributed by atoms with Crippen LogP contribution in [0.15, 0.2) is 48.6 Å². The van der Waals surface area contributed by atoms with Crippen molar-refractivity contribution in [2.45, 2.75) is 36.8 Å². The van der Waals surface area contributed by atoms with Crippen molar-refractivity contribution < 1.29 is 53.4 Å². The lowest BCUT2D eigenvalue weighted by atomic mass is 9.82. The molecule has 0 amide bonds. The molecule has 2 aliphatic rings. The van der Waals surface area contributed by atoms with E-state index in [0.29, 0.717) is 11.1 Å². The molecule has 11 heteroatoms. The van der Waals surface area contributed by atoms with Gasteiger partial charge in [0.2, 0.25) is 0 Å². The van der Waals surface area contributed by atoms with Crippen LogP contribution in [0.1, 0.15) is 24.0 Å². The van der Waals surface area contributed by atoms with Gasteiger partial charge in [0.25, 0.3) is 0 Å². The fourth-order valence-electron chi connectivity index (χ4n) is 4.29. The smallest absolute Gasteiger partial charge is 0.338 e. The van der Waals surface area contributed by atoms with E-state index in [4.69, 9.17) is 23.7 Å². The van der Waals surface area contributed by atoms with Crippen molar-refractivity contribution in [3.05, 3.63) is 59.7 Å². The monoisotopic (exact) mass is 526 g/mol. The fourth-order valence-corrected chi connectivity index (χ4v) is 4.29. The minimum absolute atomic E-state index is 0.0618. The number of aliphatic hydroxyl groups is 1. The number of carbonyl (C=O) groups excluding carboxylic acids is 3. The van der Waals surface area contributed by atoms with Gasteiger partial charge >= 0.3 is 17.9 Å². The molecule has 1 aliphatic carbocycles. The van der Waals surface area contributed by atoms with E-state index >= 15 is 0 Å². The van der Waals surface area contributed by atoms with Gasteiger partial charge in [-0.2, -0.15) is 0 Å². The quantitative estimate of drug-likeness (QED) is 0.263. The lowest BCUT2D eigenvalue weighted by molar-refractivity contribution is -0.178. The highest BCUT2D eigenvalue weighted by atomic mass is 16.6. The highest BCUT2D eigenvalue weighted by Crippen LogP contribution is 2.41. The Morgan fingerprint density at radius 3 is 1.95 bits per heavy atom. The van der Waals surface area contributed by atoms with E-state index in [0.717, 1.165) is 12.2 Å². The number of methoxy groups -OCH3 is 2. The first kappa shape index (κ1) is 26.6. The number of phenols is 2. The van der Waals surface area contributed by atoms with Crippen LogP contribution < -0.4 is 9.47 Å². The molecule has 4 rings (SSSR count). The second-order valence-electron chi connectivity index (χ2n) is 8.79. The summed E-state index contributed by atoms with van der Waals surface area (Å²) in [5, 5.41) is 30.0. The van der Waals surface area contributed by atoms with Gasteiger partial charge in [-0.1, -0.05) is 12.1 Å². The van der Waals surface area contributed by atoms with Crippen LogP contribution in [0, 0.1) is 0 Å². The Morgan fingerprint density at radius 2 is 1.42 bits per heavy atom. The van der Waals surface area contributed by atoms with Crippen LogP contribution in [0.2, 0.25) is 0 Å². The predicted octanol–water partition coefficient (Wildman–Crippen LogP) is 2.12. The highest BCUT2D eigenvalue weighted by molar-refractivity contribution is 5.89. The zero-order valence-electron chi connectivity index (χ0n) is 20.5. The van der Waals surface area contributed by atoms with E-state index in [1.807, 2.05) is 0 Å². The molecule has 38 heavy (non-hydrogen) atoms. The molecule has 1 saturated carbocycles. The van der Waals surface area contributed by atoms with Gasteiger partial charge in [-0.3, -0.25) is 0 Å². The lowest BCUT2D eigenvalue weighted by Crippen LogP contribution is -2.51. The Balaban J connectivity index is 1.47. The second kappa shape index (κ2) is 10.9. The van der Waals surface area contributed by atoms with Crippen LogP contribution in [0.3, 0.4) is 0 Å². The number of carbonyl (C=O) groups is 3. The maximum Gasteiger partial charge on any atom is 0.338 e. The number of hydrogen-bond donors (Lipinski definition) is 3. The number of phenolic OH excluding ortho intramolecular Hbond substituents is 2. The third-order valence-corrected chi connectivity index (χ3v) is 6.20. The van der Waals surface area contributed by atoms with Gasteiger partial charge in [-0.15, -0.1) is 0 Å². The Labute approximate surface area is 217 Å². The number of rotatable bonds is 8. The van der Waals surface area contributed by atoms with Crippen LogP contribution in [-0.2, 0) is 28.6 Å². The van der Waals surface area contributed by atoms with Gasteiger partial charge in [-0.25, -0.2) is 14.4 Å². The van der Waals surface area contributed by atoms with Crippen molar-refractivity contribution in [1.29, 1.82) is 0 Å². The second-order valence-corrected chi connectivity index (χ2v) is 8.79. The summed E-state index contributed by atoms with van der Waals surface area (Å²) in [6.45, 7) is 0. The first-order chi connectivity index (χ1) is 18.1. The molecule has 0 spiro atoms. The van der Waals surface area contributed by atoms with Gasteiger partial charge in [0, 0.05) is 25.0 Å². The molecule has 3 N–H and O–H groups in total. The van der Waals surface area contributed by atoms with Crippen molar-refractivity contribution in [1.82, 2.24) is 0 Å². The van der Waals surface area contributed by atoms with Gasteiger partial charge in [-0.05, 0) is 47.5 Å². The number of aromatic hydroxyl groups is 2. The van der Waals surface area contributed by atoms with Crippen LogP contribution in [0.5, 0.6) is 23.0 Å². The first-order valence-electron chi connectivity index (χ1n) is 11.6. The van der Waals surface area contributed by atoms with Crippen molar-refractivity contribution >= 4 is 30.1 Å². The maximum absolute atomic E-state index is 12.6. The normalized spacial score (nSPS) is 24.3. The molecule has 2 aromatic rings. The van der Waals surface area contributed by atoms with Crippen molar-refractivity contribution in [2.75, 3.05) is 14.2 Å². The zero-order valence-corrected chi connectivity index (χ0v) is 20.5. The third-order valence-electron chi connectivity index (χ3n) is 6.20. The van der Waals surface area contributed by atoms with Gasteiger partial charge in [0.15, 0.2) is 34.7 Å². The number of hydrogen-bond acceptors (Lipinski definition) is 11. The van der Waals surface area contributed by atoms with Crippen LogP contribution in [-0.4, -0.2) is 71.4 Å². The van der Waals surface area contributed by atoms with Crippen molar-refractivity contribution in [3.8, 4) is 23.0 Å². The summed E-state index contributed by atoms with van der Waals surface area (Å²) in [6.07, 6.45) is 1.35. The molecule has 0 radical (unpaired) electrons. The van der Waals surface area contributed by atoms with E-state index in [1.54, 1.807) is 12.1 Å². The molecule has 1 aliphatic heterocycles. The van der Waals surface area contributed by atoms with Crippen LogP contribution in [0.4, 0.5) is 0 Å². The first-order valence-corrected chi connectivity index (χ1v) is 11.6. The summed E-state index contributed by atoms with van der Waals surface area (Å²) < 4.78 is 26.2. The standard InChI is InChI=1S/C27H26O11/c1-34-19-11-15(3-7-17(19)28)5-9-23(30)36-21-13-27(33)14-22(37-26(27)32)25(21)38-24(31)10-6-16-4-8-18(29)20(12-16)35-2/h3-12,21-22,25,28-29,33H,13-14H2,1-2H3/b9-5+,10-6+. The minimum atomic E-state index is -1.86. The van der Waals surface area contributed by atoms with Crippen molar-refractivity contribution in [2.24, 2.45) is 0 Å². The topological polar surface area (TPSA) is 158 Å². The molecule has 1 heterocycles. The Hall–Kier alpha value is -4.51. The van der Waals surface area contributed by atoms with Gasteiger partial charge in [0.1, 0.15) is 12.2 Å². The summed E-state index contributed by atoms with van der Waals surface area (Å²) in [5.41, 5.74) is -0.775. The SMILES string of the molecule is COc1cc(/C=C/C(=O)OC2CC3(O)CC(OC3=O)C2OC(=O)/C=C/c2ccc(O)c(OC)c2)ccc1O. The van der Waals surface area contributed by atoms with Crippen LogP contribution in [0.25, 0.3) is 12.2 Å². The zero-order chi connectivity index (χ0) is 27.4. The Morgan fingerprint density at radius 1 is 0.895 bits per heavy atom. The molecule has 1 saturated heterocycles. The molecule has 11 nitrogen and oxygen atoms in total. The average molecular weight is 526 g/mol.